The third kappa shape index (κ3) is 5.18. The van der Waals surface area contributed by atoms with E-state index in [0.29, 0.717) is 17.5 Å². The molecule has 6 nitrogen and oxygen atoms in total. The molecule has 1 aromatic heterocycles. The van der Waals surface area contributed by atoms with Gasteiger partial charge in [0.15, 0.2) is 5.78 Å². The first-order chi connectivity index (χ1) is 16.7. The highest BCUT2D eigenvalue weighted by molar-refractivity contribution is 5.95. The third-order valence-electron chi connectivity index (χ3n) is 5.60. The minimum absolute atomic E-state index is 0.00698. The molecule has 0 radical (unpaired) electrons. The van der Waals surface area contributed by atoms with Crippen molar-refractivity contribution in [3.63, 3.8) is 0 Å². The van der Waals surface area contributed by atoms with Crippen LogP contribution in [0.5, 0.6) is 5.75 Å². The van der Waals surface area contributed by atoms with Gasteiger partial charge in [0.25, 0.3) is 5.56 Å². The Morgan fingerprint density at radius 2 is 1.51 bits per heavy atom. The SMILES string of the molecule is CCC(=O)c1ccc(Cn2c(=O)n(Cc3ccccc3OC(F)(F)F)c(=O)c3ccccc32)cc1. The highest BCUT2D eigenvalue weighted by atomic mass is 19.4. The van der Waals surface area contributed by atoms with Gasteiger partial charge < -0.3 is 4.74 Å². The van der Waals surface area contributed by atoms with Gasteiger partial charge in [0, 0.05) is 17.5 Å². The summed E-state index contributed by atoms with van der Waals surface area (Å²) in [5.41, 5.74) is 0.410. The van der Waals surface area contributed by atoms with Gasteiger partial charge in [-0.2, -0.15) is 0 Å². The molecular formula is C26H21F3N2O4. The lowest BCUT2D eigenvalue weighted by atomic mass is 10.1. The largest absolute Gasteiger partial charge is 0.573 e. The lowest BCUT2D eigenvalue weighted by Crippen LogP contribution is -2.40. The molecular weight excluding hydrogens is 461 g/mol. The first-order valence-electron chi connectivity index (χ1n) is 10.9. The predicted octanol–water partition coefficient (Wildman–Crippen LogP) is 4.75. The van der Waals surface area contributed by atoms with Crippen LogP contribution in [0, 0.1) is 0 Å². The van der Waals surface area contributed by atoms with Crippen LogP contribution in [-0.2, 0) is 13.1 Å². The maximum atomic E-state index is 13.4. The number of Topliss-reactive ketones (excluding diaryl/α,β-unsaturated/α-hetero) is 1. The minimum atomic E-state index is -4.92. The molecule has 9 heteroatoms. The fraction of sp³-hybridized carbons (Fsp3) is 0.192. The van der Waals surface area contributed by atoms with Crippen LogP contribution in [-0.4, -0.2) is 21.3 Å². The van der Waals surface area contributed by atoms with Gasteiger partial charge in [-0.05, 0) is 23.8 Å². The molecule has 0 saturated heterocycles. The second-order valence-corrected chi connectivity index (χ2v) is 7.91. The molecule has 0 bridgehead atoms. The van der Waals surface area contributed by atoms with E-state index in [4.69, 9.17) is 0 Å². The van der Waals surface area contributed by atoms with Crippen LogP contribution in [0.4, 0.5) is 13.2 Å². The van der Waals surface area contributed by atoms with Crippen molar-refractivity contribution < 1.29 is 22.7 Å². The van der Waals surface area contributed by atoms with E-state index in [1.807, 2.05) is 0 Å². The lowest BCUT2D eigenvalue weighted by Gasteiger charge is -2.16. The zero-order valence-electron chi connectivity index (χ0n) is 18.7. The standard InChI is InChI=1S/C26H21F3N2O4/c1-2-22(32)18-13-11-17(12-14-18)15-30-21-9-5-4-8-20(21)24(33)31(25(30)34)16-19-7-3-6-10-23(19)35-26(27,28)29/h3-14H,2,15-16H2,1H3. The Balaban J connectivity index is 1.81. The highest BCUT2D eigenvalue weighted by Crippen LogP contribution is 2.26. The van der Waals surface area contributed by atoms with E-state index < -0.39 is 29.9 Å². The van der Waals surface area contributed by atoms with Crippen molar-refractivity contribution in [2.24, 2.45) is 0 Å². The number of rotatable bonds is 7. The Kier molecular flexibility index (Phi) is 6.59. The summed E-state index contributed by atoms with van der Waals surface area (Å²) in [6, 6.07) is 18.7. The van der Waals surface area contributed by atoms with E-state index >= 15 is 0 Å². The van der Waals surface area contributed by atoms with E-state index in [1.165, 1.54) is 22.8 Å². The fourth-order valence-electron chi connectivity index (χ4n) is 3.87. The molecule has 0 N–H and O–H groups in total. The number of nitrogens with zero attached hydrogens (tertiary/aromatic N) is 2. The number of ketones is 1. The topological polar surface area (TPSA) is 70.3 Å². The quantitative estimate of drug-likeness (QED) is 0.357. The molecule has 4 rings (SSSR count). The smallest absolute Gasteiger partial charge is 0.405 e. The lowest BCUT2D eigenvalue weighted by molar-refractivity contribution is -0.274. The van der Waals surface area contributed by atoms with Gasteiger partial charge in [0.2, 0.25) is 0 Å². The van der Waals surface area contributed by atoms with E-state index in [-0.39, 0.29) is 23.3 Å². The van der Waals surface area contributed by atoms with E-state index in [0.717, 1.165) is 16.2 Å². The maximum absolute atomic E-state index is 13.4. The molecule has 1 heterocycles. The minimum Gasteiger partial charge on any atom is -0.405 e. The van der Waals surface area contributed by atoms with Crippen molar-refractivity contribution in [1.29, 1.82) is 0 Å². The van der Waals surface area contributed by atoms with Crippen LogP contribution in [0.3, 0.4) is 0 Å². The summed E-state index contributed by atoms with van der Waals surface area (Å²) in [5.74, 6) is -0.491. The Morgan fingerprint density at radius 1 is 0.857 bits per heavy atom. The van der Waals surface area contributed by atoms with Crippen LogP contribution >= 0.6 is 0 Å². The van der Waals surface area contributed by atoms with Crippen molar-refractivity contribution in [3.05, 3.63) is 110 Å². The molecule has 0 fully saturated rings. The number of hydrogen-bond donors (Lipinski definition) is 0. The van der Waals surface area contributed by atoms with E-state index in [1.54, 1.807) is 55.5 Å². The van der Waals surface area contributed by atoms with Crippen LogP contribution in [0.25, 0.3) is 10.9 Å². The highest BCUT2D eigenvalue weighted by Gasteiger charge is 2.32. The van der Waals surface area contributed by atoms with Crippen molar-refractivity contribution in [3.8, 4) is 5.75 Å². The van der Waals surface area contributed by atoms with Crippen molar-refractivity contribution in [2.75, 3.05) is 0 Å². The first kappa shape index (κ1) is 24.0. The number of hydrogen-bond acceptors (Lipinski definition) is 4. The molecule has 0 unspecified atom stereocenters. The Labute approximate surface area is 197 Å². The first-order valence-corrected chi connectivity index (χ1v) is 10.9. The molecule has 0 saturated carbocycles. The van der Waals surface area contributed by atoms with Gasteiger partial charge >= 0.3 is 12.1 Å². The van der Waals surface area contributed by atoms with Crippen LogP contribution in [0.1, 0.15) is 34.8 Å². The summed E-state index contributed by atoms with van der Waals surface area (Å²) in [4.78, 5) is 38.5. The average molecular weight is 482 g/mol. The Hall–Kier alpha value is -4.14. The predicted molar refractivity (Wildman–Crippen MR) is 125 cm³/mol. The molecule has 0 aliphatic rings. The van der Waals surface area contributed by atoms with Gasteiger partial charge in [-0.15, -0.1) is 13.2 Å². The Morgan fingerprint density at radius 3 is 2.20 bits per heavy atom. The van der Waals surface area contributed by atoms with Gasteiger partial charge in [-0.25, -0.2) is 4.79 Å². The average Bonchev–Trinajstić information content (AvgIpc) is 2.84. The van der Waals surface area contributed by atoms with Crippen molar-refractivity contribution in [2.45, 2.75) is 32.8 Å². The molecule has 0 atom stereocenters. The number of ether oxygens (including phenoxy) is 1. The number of aromatic nitrogens is 2. The molecule has 180 valence electrons. The van der Waals surface area contributed by atoms with Gasteiger partial charge in [-0.1, -0.05) is 61.5 Å². The number of alkyl halides is 3. The molecule has 35 heavy (non-hydrogen) atoms. The Bertz CT molecular complexity index is 1500. The number of fused-ring (bicyclic) bond motifs is 1. The molecule has 0 aliphatic carbocycles. The summed E-state index contributed by atoms with van der Waals surface area (Å²) in [7, 11) is 0. The summed E-state index contributed by atoms with van der Waals surface area (Å²) in [6.45, 7) is 1.46. The van der Waals surface area contributed by atoms with E-state index in [9.17, 15) is 27.6 Å². The summed E-state index contributed by atoms with van der Waals surface area (Å²) < 4.78 is 44.9. The monoisotopic (exact) mass is 482 g/mol. The van der Waals surface area contributed by atoms with Gasteiger partial charge in [0.1, 0.15) is 5.75 Å². The van der Waals surface area contributed by atoms with Crippen molar-refractivity contribution >= 4 is 16.7 Å². The number of para-hydroxylation sites is 2. The maximum Gasteiger partial charge on any atom is 0.573 e. The zero-order chi connectivity index (χ0) is 25.2. The van der Waals surface area contributed by atoms with Crippen LogP contribution in [0.15, 0.2) is 82.4 Å². The summed E-state index contributed by atoms with van der Waals surface area (Å²) >= 11 is 0. The van der Waals surface area contributed by atoms with Gasteiger partial charge in [0.05, 0.1) is 24.0 Å². The molecule has 0 spiro atoms. The third-order valence-corrected chi connectivity index (χ3v) is 5.60. The number of benzene rings is 3. The molecule has 3 aromatic carbocycles. The fourth-order valence-corrected chi connectivity index (χ4v) is 3.87. The van der Waals surface area contributed by atoms with Crippen LogP contribution in [0.2, 0.25) is 0 Å². The summed E-state index contributed by atoms with van der Waals surface area (Å²) in [6.07, 6.45) is -4.55. The zero-order valence-corrected chi connectivity index (χ0v) is 18.7. The van der Waals surface area contributed by atoms with Crippen LogP contribution < -0.4 is 16.0 Å². The second kappa shape index (κ2) is 9.61. The second-order valence-electron chi connectivity index (χ2n) is 7.91. The normalized spacial score (nSPS) is 11.5. The number of halogens is 3. The van der Waals surface area contributed by atoms with Gasteiger partial charge in [-0.3, -0.25) is 18.7 Å². The molecule has 0 aliphatic heterocycles. The molecule has 4 aromatic rings. The van der Waals surface area contributed by atoms with E-state index in [2.05, 4.69) is 4.74 Å². The van der Waals surface area contributed by atoms with Crippen molar-refractivity contribution in [1.82, 2.24) is 9.13 Å². The number of carbonyl (C=O) groups is 1. The number of carbonyl (C=O) groups excluding carboxylic acids is 1. The molecule has 0 amide bonds. The summed E-state index contributed by atoms with van der Waals surface area (Å²) in [5, 5.41) is 0.249.